The molecule has 2 aromatic rings. The van der Waals surface area contributed by atoms with Crippen LogP contribution in [0, 0.1) is 0 Å². The highest BCUT2D eigenvalue weighted by molar-refractivity contribution is 7.71. The number of aliphatic carboxylic acids is 1. The van der Waals surface area contributed by atoms with Gasteiger partial charge >= 0.3 is 5.97 Å². The number of carbonyl (C=O) groups is 1. The van der Waals surface area contributed by atoms with Gasteiger partial charge in [-0.2, -0.15) is 8.42 Å². The maximum absolute atomic E-state index is 11.6. The monoisotopic (exact) mass is 333 g/mol. The fourth-order valence-electron chi connectivity index (χ4n) is 2.11. The maximum Gasteiger partial charge on any atom is 0.330 e. The highest BCUT2D eigenvalue weighted by Crippen LogP contribution is 2.29. The molecule has 1 atom stereocenters. The van der Waals surface area contributed by atoms with Gasteiger partial charge in [0.05, 0.1) is 18.2 Å². The summed E-state index contributed by atoms with van der Waals surface area (Å²) < 4.78 is 26.8. The number of methoxy groups -OCH3 is 1. The number of ether oxygens (including phenoxy) is 1. The van der Waals surface area contributed by atoms with E-state index in [2.05, 4.69) is 5.32 Å². The first-order valence-corrected chi connectivity index (χ1v) is 7.80. The fourth-order valence-corrected chi connectivity index (χ4v) is 2.48. The minimum absolute atomic E-state index is 0.392. The van der Waals surface area contributed by atoms with Crippen LogP contribution in [0.1, 0.15) is 17.2 Å². The van der Waals surface area contributed by atoms with Crippen molar-refractivity contribution in [2.75, 3.05) is 12.4 Å². The van der Waals surface area contributed by atoms with Crippen molar-refractivity contribution < 1.29 is 23.1 Å². The van der Waals surface area contributed by atoms with E-state index < -0.39 is 22.3 Å². The first-order valence-electron chi connectivity index (χ1n) is 6.66. The van der Waals surface area contributed by atoms with Crippen LogP contribution in [0.25, 0.3) is 0 Å². The third-order valence-corrected chi connectivity index (χ3v) is 3.60. The van der Waals surface area contributed by atoms with E-state index in [-0.39, 0.29) is 0 Å². The molecule has 0 spiro atoms. The van der Waals surface area contributed by atoms with Gasteiger partial charge in [0.1, 0.15) is 5.75 Å². The Morgan fingerprint density at radius 2 is 1.91 bits per heavy atom. The second kappa shape index (κ2) is 7.46. The largest absolute Gasteiger partial charge is 0.495 e. The zero-order chi connectivity index (χ0) is 16.8. The molecular formula is C16H15NO5S. The van der Waals surface area contributed by atoms with E-state index in [1.54, 1.807) is 42.5 Å². The van der Waals surface area contributed by atoms with Crippen molar-refractivity contribution in [1.82, 2.24) is 0 Å². The molecule has 0 heterocycles. The van der Waals surface area contributed by atoms with Crippen molar-refractivity contribution in [2.24, 2.45) is 0 Å². The molecule has 2 N–H and O–H groups in total. The summed E-state index contributed by atoms with van der Waals surface area (Å²) in [7, 11) is -0.898. The molecule has 2 aromatic carbocycles. The van der Waals surface area contributed by atoms with Crippen molar-refractivity contribution in [3.05, 3.63) is 59.7 Å². The summed E-state index contributed by atoms with van der Waals surface area (Å²) in [4.78, 5) is 11.6. The number of hydrogen-bond donors (Lipinski definition) is 2. The van der Waals surface area contributed by atoms with E-state index in [9.17, 15) is 18.3 Å². The molecule has 7 heteroatoms. The van der Waals surface area contributed by atoms with Crippen molar-refractivity contribution in [3.63, 3.8) is 0 Å². The Hall–Kier alpha value is -2.80. The molecule has 0 aliphatic carbocycles. The van der Waals surface area contributed by atoms with Gasteiger partial charge in [-0.25, -0.2) is 4.79 Å². The molecule has 23 heavy (non-hydrogen) atoms. The van der Waals surface area contributed by atoms with Gasteiger partial charge in [-0.15, -0.1) is 0 Å². The zero-order valence-electron chi connectivity index (χ0n) is 12.3. The van der Waals surface area contributed by atoms with Crippen molar-refractivity contribution in [3.8, 4) is 5.75 Å². The highest BCUT2D eigenvalue weighted by atomic mass is 32.2. The van der Waals surface area contributed by atoms with Crippen molar-refractivity contribution in [2.45, 2.75) is 6.04 Å². The van der Waals surface area contributed by atoms with E-state index in [4.69, 9.17) is 4.74 Å². The van der Waals surface area contributed by atoms with Crippen LogP contribution in [0.4, 0.5) is 5.69 Å². The second-order valence-electron chi connectivity index (χ2n) is 4.66. The standard InChI is InChI=1S/C16H15NO5S/c1-22-14-8-7-11(10-23(20)21)9-13(14)17-15(16(18)19)12-5-3-2-4-6-12/h2-10,15,17H,1H3,(H,18,19)/t15-/m1/s1. The lowest BCUT2D eigenvalue weighted by Crippen LogP contribution is -2.20. The molecule has 0 aliphatic rings. The lowest BCUT2D eigenvalue weighted by molar-refractivity contribution is -0.138. The van der Waals surface area contributed by atoms with Gasteiger partial charge in [0.2, 0.25) is 10.3 Å². The molecular weight excluding hydrogens is 318 g/mol. The Morgan fingerprint density at radius 3 is 2.48 bits per heavy atom. The van der Waals surface area contributed by atoms with Crippen LogP contribution in [0.2, 0.25) is 0 Å². The molecule has 0 fully saturated rings. The van der Waals surface area contributed by atoms with Gasteiger partial charge in [-0.3, -0.25) is 0 Å². The minimum atomic E-state index is -2.35. The van der Waals surface area contributed by atoms with Gasteiger partial charge in [-0.05, 0) is 23.3 Å². The summed E-state index contributed by atoms with van der Waals surface area (Å²) in [6.07, 6.45) is 0. The molecule has 0 aliphatic heterocycles. The third kappa shape index (κ3) is 4.33. The molecule has 0 radical (unpaired) electrons. The van der Waals surface area contributed by atoms with Crippen LogP contribution < -0.4 is 10.1 Å². The highest BCUT2D eigenvalue weighted by Gasteiger charge is 2.20. The van der Waals surface area contributed by atoms with Gasteiger partial charge in [0.15, 0.2) is 6.04 Å². The van der Waals surface area contributed by atoms with Crippen LogP contribution in [0.5, 0.6) is 5.75 Å². The lowest BCUT2D eigenvalue weighted by Gasteiger charge is -2.18. The number of carboxylic acid groups (broad SMARTS) is 1. The van der Waals surface area contributed by atoms with E-state index in [0.717, 1.165) is 5.37 Å². The van der Waals surface area contributed by atoms with Crippen molar-refractivity contribution >= 4 is 27.3 Å². The lowest BCUT2D eigenvalue weighted by atomic mass is 10.1. The smallest absolute Gasteiger partial charge is 0.330 e. The van der Waals surface area contributed by atoms with Gasteiger partial charge in [-0.1, -0.05) is 36.4 Å². The number of anilines is 1. The van der Waals surface area contributed by atoms with Crippen LogP contribution in [-0.2, 0) is 15.1 Å². The maximum atomic E-state index is 11.6. The SMILES string of the molecule is COc1ccc(C=S(=O)=O)cc1N[C@@H](C(=O)O)c1ccccc1. The van der Waals surface area contributed by atoms with Crippen LogP contribution >= 0.6 is 0 Å². The topological polar surface area (TPSA) is 92.7 Å². The van der Waals surface area contributed by atoms with Crippen LogP contribution in [0.15, 0.2) is 48.5 Å². The van der Waals surface area contributed by atoms with E-state index in [1.807, 2.05) is 0 Å². The Labute approximate surface area is 134 Å². The second-order valence-corrected chi connectivity index (χ2v) is 5.42. The predicted molar refractivity (Wildman–Crippen MR) is 87.5 cm³/mol. The van der Waals surface area contributed by atoms with E-state index in [1.165, 1.54) is 13.2 Å². The quantitative estimate of drug-likeness (QED) is 0.785. The number of carboxylic acids is 1. The van der Waals surface area contributed by atoms with Crippen LogP contribution in [-0.4, -0.2) is 32.0 Å². The Kier molecular flexibility index (Phi) is 5.37. The number of nitrogens with one attached hydrogen (secondary N) is 1. The first-order chi connectivity index (χ1) is 11.0. The molecule has 6 nitrogen and oxygen atoms in total. The summed E-state index contributed by atoms with van der Waals surface area (Å²) in [5, 5.41) is 13.4. The summed E-state index contributed by atoms with van der Waals surface area (Å²) >= 11 is 0. The summed E-state index contributed by atoms with van der Waals surface area (Å²) in [6, 6.07) is 12.3. The van der Waals surface area contributed by atoms with Crippen molar-refractivity contribution in [1.29, 1.82) is 0 Å². The number of hydrogen-bond acceptors (Lipinski definition) is 5. The average molecular weight is 333 g/mol. The third-order valence-electron chi connectivity index (χ3n) is 3.14. The Bertz CT molecular complexity index is 823. The molecule has 0 aromatic heterocycles. The number of rotatable bonds is 6. The van der Waals surface area contributed by atoms with Gasteiger partial charge in [0.25, 0.3) is 0 Å². The number of benzene rings is 2. The van der Waals surface area contributed by atoms with Crippen LogP contribution in [0.3, 0.4) is 0 Å². The summed E-state index contributed by atoms with van der Waals surface area (Å²) in [5.41, 5.74) is 1.38. The normalized spacial score (nSPS) is 11.3. The first kappa shape index (κ1) is 16.6. The Balaban J connectivity index is 2.43. The average Bonchev–Trinajstić information content (AvgIpc) is 2.52. The molecule has 0 unspecified atom stereocenters. The zero-order valence-corrected chi connectivity index (χ0v) is 13.1. The van der Waals surface area contributed by atoms with E-state index in [0.29, 0.717) is 22.6 Å². The Morgan fingerprint density at radius 1 is 1.22 bits per heavy atom. The summed E-state index contributed by atoms with van der Waals surface area (Å²) in [5.74, 6) is -0.638. The molecule has 2 rings (SSSR count). The fraction of sp³-hybridized carbons (Fsp3) is 0.125. The molecule has 0 bridgehead atoms. The van der Waals surface area contributed by atoms with E-state index >= 15 is 0 Å². The predicted octanol–water partition coefficient (Wildman–Crippen LogP) is 1.96. The van der Waals surface area contributed by atoms with Gasteiger partial charge in [0, 0.05) is 0 Å². The molecule has 0 amide bonds. The van der Waals surface area contributed by atoms with Gasteiger partial charge < -0.3 is 15.2 Å². The minimum Gasteiger partial charge on any atom is -0.495 e. The molecule has 120 valence electrons. The summed E-state index contributed by atoms with van der Waals surface area (Å²) in [6.45, 7) is 0. The molecule has 0 saturated carbocycles. The molecule has 0 saturated heterocycles.